The average Bonchev–Trinajstić information content (AvgIpc) is 2.84. The number of aryl methyl sites for hydroxylation is 1. The van der Waals surface area contributed by atoms with E-state index in [1.165, 1.54) is 12.1 Å². The quantitative estimate of drug-likeness (QED) is 0.516. The van der Waals surface area contributed by atoms with E-state index < -0.39 is 17.2 Å². The third-order valence-corrected chi connectivity index (χ3v) is 6.32. The predicted octanol–water partition coefficient (Wildman–Crippen LogP) is 4.02. The lowest BCUT2D eigenvalue weighted by Gasteiger charge is -2.31. The van der Waals surface area contributed by atoms with E-state index in [1.54, 1.807) is 6.92 Å². The highest BCUT2D eigenvalue weighted by molar-refractivity contribution is 6.01. The maximum Gasteiger partial charge on any atom is 0.253 e. The van der Waals surface area contributed by atoms with Crippen LogP contribution < -0.4 is 10.9 Å². The van der Waals surface area contributed by atoms with E-state index in [0.717, 1.165) is 56.7 Å². The number of nitrogens with one attached hydrogen (secondary N) is 2. The van der Waals surface area contributed by atoms with Gasteiger partial charge in [-0.15, -0.1) is 0 Å². The minimum Gasteiger partial charge on any atom is -0.352 e. The van der Waals surface area contributed by atoms with Crippen molar-refractivity contribution >= 4 is 5.91 Å². The molecule has 1 aliphatic heterocycles. The number of likely N-dealkylation sites (tertiary alicyclic amines) is 1. The van der Waals surface area contributed by atoms with Crippen molar-refractivity contribution < 1.29 is 13.6 Å². The number of H-pyrrole nitrogens is 1. The van der Waals surface area contributed by atoms with E-state index in [0.29, 0.717) is 18.2 Å². The van der Waals surface area contributed by atoms with E-state index in [2.05, 4.69) is 26.3 Å². The number of aromatic amines is 1. The predicted molar refractivity (Wildman–Crippen MR) is 127 cm³/mol. The van der Waals surface area contributed by atoms with Gasteiger partial charge in [-0.05, 0) is 75.6 Å². The first-order valence-corrected chi connectivity index (χ1v) is 11.5. The number of carbonyl (C=O) groups is 1. The van der Waals surface area contributed by atoms with Crippen molar-refractivity contribution in [3.8, 4) is 11.1 Å². The van der Waals surface area contributed by atoms with Gasteiger partial charge in [-0.2, -0.15) is 0 Å². The molecule has 2 N–H and O–H groups in total. The Bertz CT molecular complexity index is 1210. The molecule has 8 heteroatoms. The van der Waals surface area contributed by atoms with Crippen LogP contribution >= 0.6 is 0 Å². The SMILES string of the molecule is Cc1[nH]c(=O)cc(-c2ccc(F)c(F)c2)c1C(=O)NCCCN1CCC(c2ccccn2)CC1. The molecule has 0 bridgehead atoms. The van der Waals surface area contributed by atoms with E-state index >= 15 is 0 Å². The van der Waals surface area contributed by atoms with Gasteiger partial charge in [-0.1, -0.05) is 12.1 Å². The molecule has 4 rings (SSSR count). The molecule has 2 aromatic heterocycles. The van der Waals surface area contributed by atoms with Crippen molar-refractivity contribution in [2.75, 3.05) is 26.2 Å². The highest BCUT2D eigenvalue weighted by atomic mass is 19.2. The zero-order chi connectivity index (χ0) is 24.1. The Balaban J connectivity index is 1.33. The zero-order valence-electron chi connectivity index (χ0n) is 19.1. The van der Waals surface area contributed by atoms with Gasteiger partial charge in [-0.3, -0.25) is 14.6 Å². The van der Waals surface area contributed by atoms with Crippen LogP contribution in [0.25, 0.3) is 11.1 Å². The molecule has 0 radical (unpaired) electrons. The highest BCUT2D eigenvalue weighted by Crippen LogP contribution is 2.27. The van der Waals surface area contributed by atoms with Crippen molar-refractivity contribution in [1.82, 2.24) is 20.2 Å². The number of halogens is 2. The van der Waals surface area contributed by atoms with Crippen LogP contribution in [-0.4, -0.2) is 47.0 Å². The number of pyridine rings is 2. The number of amides is 1. The molecule has 34 heavy (non-hydrogen) atoms. The summed E-state index contributed by atoms with van der Waals surface area (Å²) in [7, 11) is 0. The largest absolute Gasteiger partial charge is 0.352 e. The Morgan fingerprint density at radius 2 is 1.94 bits per heavy atom. The third kappa shape index (κ3) is 5.56. The first-order valence-electron chi connectivity index (χ1n) is 11.5. The molecule has 3 heterocycles. The number of hydrogen-bond acceptors (Lipinski definition) is 4. The summed E-state index contributed by atoms with van der Waals surface area (Å²) in [5.74, 6) is -1.88. The molecule has 0 aliphatic carbocycles. The molecular formula is C26H28F2N4O2. The Kier molecular flexibility index (Phi) is 7.47. The van der Waals surface area contributed by atoms with E-state index in [1.807, 2.05) is 18.3 Å². The fourth-order valence-electron chi connectivity index (χ4n) is 4.54. The maximum absolute atomic E-state index is 13.8. The lowest BCUT2D eigenvalue weighted by atomic mass is 9.93. The topological polar surface area (TPSA) is 78.1 Å². The second kappa shape index (κ2) is 10.7. The number of nitrogens with zero attached hydrogens (tertiary/aromatic N) is 2. The summed E-state index contributed by atoms with van der Waals surface area (Å²) < 4.78 is 27.1. The number of benzene rings is 1. The second-order valence-corrected chi connectivity index (χ2v) is 8.66. The first-order chi connectivity index (χ1) is 16.4. The van der Waals surface area contributed by atoms with Crippen LogP contribution in [0, 0.1) is 18.6 Å². The van der Waals surface area contributed by atoms with Crippen molar-refractivity contribution in [2.24, 2.45) is 0 Å². The van der Waals surface area contributed by atoms with Crippen molar-refractivity contribution in [1.29, 1.82) is 0 Å². The van der Waals surface area contributed by atoms with Crippen molar-refractivity contribution in [3.05, 3.63) is 87.6 Å². The van der Waals surface area contributed by atoms with Gasteiger partial charge < -0.3 is 15.2 Å². The molecule has 1 fully saturated rings. The molecule has 1 aromatic carbocycles. The standard InChI is InChI=1S/C26H28F2N4O2/c1-17-25(20(16-24(33)31-17)19-6-7-21(27)22(28)15-19)26(34)30-11-4-12-32-13-8-18(9-14-32)23-5-2-3-10-29-23/h2-3,5-7,10,15-16,18H,4,8-9,11-14H2,1H3,(H,30,34)(H,31,33). The summed E-state index contributed by atoms with van der Waals surface area (Å²) in [4.78, 5) is 34.4. The normalized spacial score (nSPS) is 14.8. The fraction of sp³-hybridized carbons (Fsp3) is 0.346. The van der Waals surface area contributed by atoms with E-state index in [9.17, 15) is 18.4 Å². The van der Waals surface area contributed by atoms with Gasteiger partial charge in [-0.25, -0.2) is 8.78 Å². The molecule has 0 unspecified atom stereocenters. The third-order valence-electron chi connectivity index (χ3n) is 6.32. The lowest BCUT2D eigenvalue weighted by Crippen LogP contribution is -2.36. The van der Waals surface area contributed by atoms with Crippen LogP contribution in [-0.2, 0) is 0 Å². The number of rotatable bonds is 7. The Hall–Kier alpha value is -3.39. The van der Waals surface area contributed by atoms with E-state index in [4.69, 9.17) is 0 Å². The van der Waals surface area contributed by atoms with Crippen LogP contribution in [0.3, 0.4) is 0 Å². The Morgan fingerprint density at radius 3 is 2.65 bits per heavy atom. The van der Waals surface area contributed by atoms with Crippen molar-refractivity contribution in [2.45, 2.75) is 32.1 Å². The van der Waals surface area contributed by atoms with Crippen LogP contribution in [0.1, 0.15) is 46.9 Å². The monoisotopic (exact) mass is 466 g/mol. The molecule has 1 aliphatic rings. The molecule has 0 saturated carbocycles. The lowest BCUT2D eigenvalue weighted by molar-refractivity contribution is 0.0950. The summed E-state index contributed by atoms with van der Waals surface area (Å²) in [6.45, 7) is 4.94. The zero-order valence-corrected chi connectivity index (χ0v) is 19.1. The summed E-state index contributed by atoms with van der Waals surface area (Å²) in [6, 6.07) is 10.6. The summed E-state index contributed by atoms with van der Waals surface area (Å²) in [5, 5.41) is 2.90. The molecule has 0 spiro atoms. The molecule has 1 saturated heterocycles. The summed E-state index contributed by atoms with van der Waals surface area (Å²) in [6.07, 6.45) is 4.75. The molecule has 1 amide bonds. The molecule has 6 nitrogen and oxygen atoms in total. The molecule has 3 aromatic rings. The molecule has 0 atom stereocenters. The van der Waals surface area contributed by atoms with E-state index in [-0.39, 0.29) is 22.6 Å². The number of piperidine rings is 1. The molecule has 178 valence electrons. The van der Waals surface area contributed by atoms with Crippen LogP contribution in [0.5, 0.6) is 0 Å². The molecular weight excluding hydrogens is 438 g/mol. The van der Waals surface area contributed by atoms with Crippen LogP contribution in [0.4, 0.5) is 8.78 Å². The van der Waals surface area contributed by atoms with Gasteiger partial charge in [0, 0.05) is 41.7 Å². The number of aromatic nitrogens is 2. The number of carbonyl (C=O) groups excluding carboxylic acids is 1. The van der Waals surface area contributed by atoms with Gasteiger partial charge in [0.15, 0.2) is 11.6 Å². The summed E-state index contributed by atoms with van der Waals surface area (Å²) in [5.41, 5.74) is 1.91. The highest BCUT2D eigenvalue weighted by Gasteiger charge is 2.21. The van der Waals surface area contributed by atoms with Gasteiger partial charge in [0.05, 0.1) is 5.56 Å². The Morgan fingerprint density at radius 1 is 1.15 bits per heavy atom. The smallest absolute Gasteiger partial charge is 0.253 e. The van der Waals surface area contributed by atoms with Crippen LogP contribution in [0.2, 0.25) is 0 Å². The van der Waals surface area contributed by atoms with Crippen LogP contribution in [0.15, 0.2) is 53.5 Å². The Labute approximate surface area is 197 Å². The fourth-order valence-corrected chi connectivity index (χ4v) is 4.54. The number of hydrogen-bond donors (Lipinski definition) is 2. The minimum absolute atomic E-state index is 0.252. The average molecular weight is 467 g/mol. The van der Waals surface area contributed by atoms with Gasteiger partial charge in [0.1, 0.15) is 0 Å². The van der Waals surface area contributed by atoms with Crippen molar-refractivity contribution in [3.63, 3.8) is 0 Å². The van der Waals surface area contributed by atoms with Gasteiger partial charge >= 0.3 is 0 Å². The first kappa shape index (κ1) is 23.8. The minimum atomic E-state index is -1.03. The summed E-state index contributed by atoms with van der Waals surface area (Å²) >= 11 is 0. The van der Waals surface area contributed by atoms with Gasteiger partial charge in [0.25, 0.3) is 5.91 Å². The maximum atomic E-state index is 13.8. The second-order valence-electron chi connectivity index (χ2n) is 8.66. The van der Waals surface area contributed by atoms with Gasteiger partial charge in [0.2, 0.25) is 5.56 Å².